The number of thioether (sulfide) groups is 1. The summed E-state index contributed by atoms with van der Waals surface area (Å²) in [6, 6.07) is 0. The van der Waals surface area contributed by atoms with E-state index in [2.05, 4.69) is 49.7 Å². The molecule has 0 aromatic rings. The molecule has 0 aromatic carbocycles. The average molecular weight is 244 g/mol. The zero-order chi connectivity index (χ0) is 12.0. The Labute approximate surface area is 106 Å². The van der Waals surface area contributed by atoms with E-state index in [1.54, 1.807) is 0 Å². The van der Waals surface area contributed by atoms with Crippen LogP contribution < -0.4 is 5.32 Å². The zero-order valence-corrected chi connectivity index (χ0v) is 12.2. The van der Waals surface area contributed by atoms with Gasteiger partial charge in [0.15, 0.2) is 0 Å². The second-order valence-electron chi connectivity index (χ2n) is 5.82. The Bertz CT molecular complexity index is 192. The molecule has 0 spiro atoms. The van der Waals surface area contributed by atoms with Gasteiger partial charge in [-0.25, -0.2) is 0 Å². The highest BCUT2D eigenvalue weighted by atomic mass is 32.2. The molecule has 96 valence electrons. The molecule has 0 amide bonds. The molecule has 1 rings (SSSR count). The van der Waals surface area contributed by atoms with Crippen molar-refractivity contribution in [3.63, 3.8) is 0 Å². The van der Waals surface area contributed by atoms with Crippen molar-refractivity contribution in [1.29, 1.82) is 0 Å². The number of hydrogen-bond acceptors (Lipinski definition) is 3. The van der Waals surface area contributed by atoms with Crippen LogP contribution in [0.1, 0.15) is 34.1 Å². The van der Waals surface area contributed by atoms with Crippen LogP contribution in [0.15, 0.2) is 0 Å². The number of hydrogen-bond donors (Lipinski definition) is 1. The van der Waals surface area contributed by atoms with Gasteiger partial charge in [-0.1, -0.05) is 13.8 Å². The summed E-state index contributed by atoms with van der Waals surface area (Å²) in [4.78, 5) is 2.60. The molecule has 0 atom stereocenters. The van der Waals surface area contributed by atoms with Crippen LogP contribution in [0.4, 0.5) is 0 Å². The molecule has 0 bridgehead atoms. The molecule has 1 aliphatic heterocycles. The summed E-state index contributed by atoms with van der Waals surface area (Å²) in [6.45, 7) is 15.3. The van der Waals surface area contributed by atoms with Crippen LogP contribution in [0.25, 0.3) is 0 Å². The minimum Gasteiger partial charge on any atom is -0.315 e. The first-order chi connectivity index (χ1) is 7.49. The Balaban J connectivity index is 2.04. The second-order valence-corrected chi connectivity index (χ2v) is 7.62. The van der Waals surface area contributed by atoms with Crippen molar-refractivity contribution in [1.82, 2.24) is 10.2 Å². The predicted molar refractivity (Wildman–Crippen MR) is 75.3 cm³/mol. The van der Waals surface area contributed by atoms with Gasteiger partial charge >= 0.3 is 0 Å². The van der Waals surface area contributed by atoms with E-state index in [9.17, 15) is 0 Å². The van der Waals surface area contributed by atoms with Gasteiger partial charge in [0.25, 0.3) is 0 Å². The molecule has 1 N–H and O–H groups in total. The van der Waals surface area contributed by atoms with Crippen LogP contribution in [0.2, 0.25) is 0 Å². The normalized spacial score (nSPS) is 21.6. The summed E-state index contributed by atoms with van der Waals surface area (Å²) in [5.41, 5.74) is 0. The first-order valence-corrected chi connectivity index (χ1v) is 7.55. The summed E-state index contributed by atoms with van der Waals surface area (Å²) in [6.07, 6.45) is 1.29. The lowest BCUT2D eigenvalue weighted by atomic mass is 10.1. The van der Waals surface area contributed by atoms with E-state index < -0.39 is 0 Å². The third-order valence-electron chi connectivity index (χ3n) is 3.01. The van der Waals surface area contributed by atoms with Crippen molar-refractivity contribution in [3.05, 3.63) is 0 Å². The molecule has 1 heterocycles. The first-order valence-electron chi connectivity index (χ1n) is 6.57. The van der Waals surface area contributed by atoms with E-state index in [1.165, 1.54) is 38.4 Å². The molecule has 2 nitrogen and oxygen atoms in total. The van der Waals surface area contributed by atoms with Crippen molar-refractivity contribution in [2.24, 2.45) is 5.92 Å². The highest BCUT2D eigenvalue weighted by Gasteiger charge is 2.26. The standard InChI is InChI=1S/C13H28N2S/c1-12(2)5-6-14-7-8-15-9-10-16-13(3,4)11-15/h12,14H,5-11H2,1-4H3. The van der Waals surface area contributed by atoms with Crippen LogP contribution in [0.5, 0.6) is 0 Å². The van der Waals surface area contributed by atoms with Crippen LogP contribution >= 0.6 is 11.8 Å². The van der Waals surface area contributed by atoms with Gasteiger partial charge in [-0.2, -0.15) is 11.8 Å². The van der Waals surface area contributed by atoms with Crippen LogP contribution in [-0.2, 0) is 0 Å². The van der Waals surface area contributed by atoms with Crippen LogP contribution in [0.3, 0.4) is 0 Å². The van der Waals surface area contributed by atoms with Crippen LogP contribution in [-0.4, -0.2) is 48.1 Å². The topological polar surface area (TPSA) is 15.3 Å². The highest BCUT2D eigenvalue weighted by molar-refractivity contribution is 8.00. The van der Waals surface area contributed by atoms with Crippen LogP contribution in [0, 0.1) is 5.92 Å². The summed E-state index contributed by atoms with van der Waals surface area (Å²) in [5, 5.41) is 3.54. The smallest absolute Gasteiger partial charge is 0.0231 e. The van der Waals surface area contributed by atoms with Gasteiger partial charge in [-0.15, -0.1) is 0 Å². The zero-order valence-electron chi connectivity index (χ0n) is 11.4. The lowest BCUT2D eigenvalue weighted by Crippen LogP contribution is -2.45. The van der Waals surface area contributed by atoms with Gasteiger partial charge < -0.3 is 5.32 Å². The monoisotopic (exact) mass is 244 g/mol. The fraction of sp³-hybridized carbons (Fsp3) is 1.00. The fourth-order valence-electron chi connectivity index (χ4n) is 2.06. The van der Waals surface area contributed by atoms with Crippen molar-refractivity contribution >= 4 is 11.8 Å². The second kappa shape index (κ2) is 6.87. The number of rotatable bonds is 6. The molecule has 16 heavy (non-hydrogen) atoms. The highest BCUT2D eigenvalue weighted by Crippen LogP contribution is 2.28. The fourth-order valence-corrected chi connectivity index (χ4v) is 3.23. The van der Waals surface area contributed by atoms with E-state index >= 15 is 0 Å². The Morgan fingerprint density at radius 2 is 2.06 bits per heavy atom. The minimum atomic E-state index is 0.455. The summed E-state index contributed by atoms with van der Waals surface area (Å²) < 4.78 is 0.455. The molecule has 0 radical (unpaired) electrons. The molecule has 1 fully saturated rings. The van der Waals surface area contributed by atoms with Crippen molar-refractivity contribution < 1.29 is 0 Å². The van der Waals surface area contributed by atoms with Gasteiger partial charge in [0.1, 0.15) is 0 Å². The SMILES string of the molecule is CC(C)CCNCCN1CCSC(C)(C)C1. The van der Waals surface area contributed by atoms with Gasteiger partial charge in [0.2, 0.25) is 0 Å². The average Bonchev–Trinajstić information content (AvgIpc) is 2.15. The van der Waals surface area contributed by atoms with E-state index in [4.69, 9.17) is 0 Å². The van der Waals surface area contributed by atoms with Crippen molar-refractivity contribution in [2.45, 2.75) is 38.9 Å². The molecular formula is C13H28N2S. The third-order valence-corrected chi connectivity index (χ3v) is 4.31. The molecule has 0 saturated carbocycles. The number of nitrogens with one attached hydrogen (secondary N) is 1. The van der Waals surface area contributed by atoms with Gasteiger partial charge in [-0.05, 0) is 32.7 Å². The Hall–Kier alpha value is 0.270. The van der Waals surface area contributed by atoms with E-state index in [0.29, 0.717) is 4.75 Å². The first kappa shape index (κ1) is 14.3. The molecular weight excluding hydrogens is 216 g/mol. The van der Waals surface area contributed by atoms with E-state index in [-0.39, 0.29) is 0 Å². The van der Waals surface area contributed by atoms with Gasteiger partial charge in [-0.3, -0.25) is 4.90 Å². The van der Waals surface area contributed by atoms with E-state index in [0.717, 1.165) is 12.5 Å². The molecule has 0 aliphatic carbocycles. The molecule has 3 heteroatoms. The van der Waals surface area contributed by atoms with Gasteiger partial charge in [0.05, 0.1) is 0 Å². The van der Waals surface area contributed by atoms with Crippen molar-refractivity contribution in [3.8, 4) is 0 Å². The predicted octanol–water partition coefficient (Wildman–Crippen LogP) is 2.45. The lowest BCUT2D eigenvalue weighted by molar-refractivity contribution is 0.260. The summed E-state index contributed by atoms with van der Waals surface area (Å²) in [7, 11) is 0. The summed E-state index contributed by atoms with van der Waals surface area (Å²) >= 11 is 2.11. The quantitative estimate of drug-likeness (QED) is 0.723. The third kappa shape index (κ3) is 6.12. The maximum absolute atomic E-state index is 3.54. The lowest BCUT2D eigenvalue weighted by Gasteiger charge is -2.37. The van der Waals surface area contributed by atoms with Crippen molar-refractivity contribution in [2.75, 3.05) is 38.5 Å². The Morgan fingerprint density at radius 3 is 2.69 bits per heavy atom. The molecule has 0 aromatic heterocycles. The maximum atomic E-state index is 3.54. The number of nitrogens with zero attached hydrogens (tertiary/aromatic N) is 1. The van der Waals surface area contributed by atoms with E-state index in [1.807, 2.05) is 0 Å². The summed E-state index contributed by atoms with van der Waals surface area (Å²) in [5.74, 6) is 2.11. The Kier molecular flexibility index (Phi) is 6.16. The molecule has 0 unspecified atom stereocenters. The minimum absolute atomic E-state index is 0.455. The van der Waals surface area contributed by atoms with Gasteiger partial charge in [0, 0.05) is 36.7 Å². The maximum Gasteiger partial charge on any atom is 0.0231 e. The molecule has 1 aliphatic rings. The Morgan fingerprint density at radius 1 is 1.31 bits per heavy atom. The largest absolute Gasteiger partial charge is 0.315 e. The molecule has 1 saturated heterocycles.